The minimum absolute atomic E-state index is 0.195. The van der Waals surface area contributed by atoms with E-state index in [1.54, 1.807) is 22.6 Å². The van der Waals surface area contributed by atoms with Crippen LogP contribution in [0.4, 0.5) is 5.69 Å². The van der Waals surface area contributed by atoms with Gasteiger partial charge in [0, 0.05) is 23.0 Å². The van der Waals surface area contributed by atoms with Crippen molar-refractivity contribution in [3.05, 3.63) is 90.9 Å². The Kier molecular flexibility index (Phi) is 4.80. The summed E-state index contributed by atoms with van der Waals surface area (Å²) >= 11 is 1.64. The van der Waals surface area contributed by atoms with E-state index in [0.717, 1.165) is 16.3 Å². The lowest BCUT2D eigenvalue weighted by Gasteiger charge is -2.11. The Morgan fingerprint density at radius 2 is 1.78 bits per heavy atom. The highest BCUT2D eigenvalue weighted by Gasteiger charge is 2.20. The van der Waals surface area contributed by atoms with Crippen LogP contribution in [0.25, 0.3) is 11.5 Å². The van der Waals surface area contributed by atoms with Crippen LogP contribution in [-0.2, 0) is 0 Å². The molecule has 27 heavy (non-hydrogen) atoms. The molecule has 0 radical (unpaired) electrons. The fraction of sp³-hybridized carbons (Fsp3) is 0.0476. The van der Waals surface area contributed by atoms with E-state index in [1.807, 2.05) is 89.9 Å². The van der Waals surface area contributed by atoms with Gasteiger partial charge in [0.25, 0.3) is 5.91 Å². The molecule has 4 aromatic rings. The predicted molar refractivity (Wildman–Crippen MR) is 109 cm³/mol. The van der Waals surface area contributed by atoms with Crippen molar-refractivity contribution in [3.63, 3.8) is 0 Å². The van der Waals surface area contributed by atoms with Gasteiger partial charge >= 0.3 is 0 Å². The number of hydrogen-bond donors (Lipinski definition) is 1. The van der Waals surface area contributed by atoms with Crippen molar-refractivity contribution in [2.45, 2.75) is 4.90 Å². The summed E-state index contributed by atoms with van der Waals surface area (Å²) in [6, 6.07) is 21.4. The second-order valence-corrected chi connectivity index (χ2v) is 6.79. The summed E-state index contributed by atoms with van der Waals surface area (Å²) in [5.41, 5.74) is 2.16. The number of benzene rings is 2. The van der Waals surface area contributed by atoms with Gasteiger partial charge in [-0.3, -0.25) is 4.79 Å². The lowest BCUT2D eigenvalue weighted by Crippen LogP contribution is -2.15. The largest absolute Gasteiger partial charge is 0.322 e. The molecule has 0 aliphatic rings. The van der Waals surface area contributed by atoms with Crippen molar-refractivity contribution in [1.82, 2.24) is 14.3 Å². The number of aromatic nitrogens is 3. The van der Waals surface area contributed by atoms with Crippen molar-refractivity contribution < 1.29 is 4.79 Å². The number of nitrogens with one attached hydrogen (secondary N) is 1. The van der Waals surface area contributed by atoms with Gasteiger partial charge < -0.3 is 9.88 Å². The van der Waals surface area contributed by atoms with E-state index < -0.39 is 0 Å². The van der Waals surface area contributed by atoms with Crippen LogP contribution in [0.2, 0.25) is 0 Å². The third-order valence-corrected chi connectivity index (χ3v) is 4.89. The van der Waals surface area contributed by atoms with Crippen LogP contribution in [0, 0.1) is 0 Å². The van der Waals surface area contributed by atoms with E-state index in [0.29, 0.717) is 11.4 Å². The quantitative estimate of drug-likeness (QED) is 0.518. The summed E-state index contributed by atoms with van der Waals surface area (Å²) in [5, 5.41) is 7.45. The van der Waals surface area contributed by atoms with Crippen molar-refractivity contribution in [2.75, 3.05) is 11.6 Å². The highest BCUT2D eigenvalue weighted by atomic mass is 32.2. The highest BCUT2D eigenvalue weighted by molar-refractivity contribution is 7.98. The van der Waals surface area contributed by atoms with Gasteiger partial charge in [0.2, 0.25) is 0 Å². The van der Waals surface area contributed by atoms with Crippen molar-refractivity contribution >= 4 is 23.4 Å². The molecule has 6 heteroatoms. The maximum atomic E-state index is 13.0. The Labute approximate surface area is 161 Å². The summed E-state index contributed by atoms with van der Waals surface area (Å²) in [6.45, 7) is 0. The Hall–Kier alpha value is -3.25. The number of anilines is 1. The fourth-order valence-corrected chi connectivity index (χ4v) is 3.34. The molecule has 0 atom stereocenters. The molecule has 0 fully saturated rings. The average Bonchev–Trinajstić information content (AvgIpc) is 3.38. The maximum Gasteiger partial charge on any atom is 0.261 e. The lowest BCUT2D eigenvalue weighted by molar-refractivity contribution is 0.102. The van der Waals surface area contributed by atoms with E-state index >= 15 is 0 Å². The molecule has 0 aliphatic heterocycles. The van der Waals surface area contributed by atoms with Gasteiger partial charge in [-0.05, 0) is 48.7 Å². The first-order valence-corrected chi connectivity index (χ1v) is 9.71. The standard InChI is InChI=1S/C21H18N4OS/c1-27-18-11-7-8-16(14-18)23-20(26)19-15-22-25(17-9-3-2-4-10-17)21(19)24-12-5-6-13-24/h2-15H,1H3,(H,23,26). The van der Waals surface area contributed by atoms with Crippen LogP contribution in [-0.4, -0.2) is 26.5 Å². The van der Waals surface area contributed by atoms with E-state index in [4.69, 9.17) is 0 Å². The van der Waals surface area contributed by atoms with Crippen molar-refractivity contribution in [1.29, 1.82) is 0 Å². The van der Waals surface area contributed by atoms with Gasteiger partial charge in [-0.2, -0.15) is 5.10 Å². The van der Waals surface area contributed by atoms with E-state index in [2.05, 4.69) is 10.4 Å². The second kappa shape index (κ2) is 7.55. The molecule has 0 spiro atoms. The van der Waals surface area contributed by atoms with Crippen molar-refractivity contribution in [3.8, 4) is 11.5 Å². The van der Waals surface area contributed by atoms with Crippen LogP contribution >= 0.6 is 11.8 Å². The third kappa shape index (κ3) is 3.52. The maximum absolute atomic E-state index is 13.0. The van der Waals surface area contributed by atoms with Gasteiger partial charge in [-0.15, -0.1) is 11.8 Å². The van der Waals surface area contributed by atoms with Gasteiger partial charge in [0.05, 0.1) is 11.9 Å². The number of hydrogen-bond acceptors (Lipinski definition) is 3. The smallest absolute Gasteiger partial charge is 0.261 e. The third-order valence-electron chi connectivity index (χ3n) is 4.17. The van der Waals surface area contributed by atoms with Crippen molar-refractivity contribution in [2.24, 2.45) is 0 Å². The van der Waals surface area contributed by atoms with Crippen LogP contribution in [0.5, 0.6) is 0 Å². The van der Waals surface area contributed by atoms with E-state index in [-0.39, 0.29) is 5.91 Å². The topological polar surface area (TPSA) is 51.9 Å². The normalized spacial score (nSPS) is 10.7. The first-order valence-electron chi connectivity index (χ1n) is 8.48. The molecule has 0 saturated heterocycles. The van der Waals surface area contributed by atoms with Crippen LogP contribution in [0.1, 0.15) is 10.4 Å². The minimum atomic E-state index is -0.195. The molecule has 2 aromatic carbocycles. The number of carbonyl (C=O) groups excluding carboxylic acids is 1. The summed E-state index contributed by atoms with van der Waals surface area (Å²) < 4.78 is 3.67. The van der Waals surface area contributed by atoms with Gasteiger partial charge in [0.15, 0.2) is 5.82 Å². The van der Waals surface area contributed by atoms with Crippen LogP contribution in [0.15, 0.2) is 90.2 Å². The number of amides is 1. The molecule has 0 unspecified atom stereocenters. The number of thioether (sulfide) groups is 1. The minimum Gasteiger partial charge on any atom is -0.322 e. The molecule has 0 saturated carbocycles. The number of nitrogens with zero attached hydrogens (tertiary/aromatic N) is 3. The Morgan fingerprint density at radius 1 is 1.00 bits per heavy atom. The molecule has 1 N–H and O–H groups in total. The number of carbonyl (C=O) groups is 1. The molecule has 5 nitrogen and oxygen atoms in total. The van der Waals surface area contributed by atoms with Gasteiger partial charge in [0.1, 0.15) is 5.56 Å². The zero-order chi connectivity index (χ0) is 18.6. The molecular weight excluding hydrogens is 356 g/mol. The Morgan fingerprint density at radius 3 is 2.52 bits per heavy atom. The average molecular weight is 374 g/mol. The molecule has 0 aliphatic carbocycles. The zero-order valence-corrected chi connectivity index (χ0v) is 15.6. The summed E-state index contributed by atoms with van der Waals surface area (Å²) in [6.07, 6.45) is 7.42. The predicted octanol–water partition coefficient (Wildman–Crippen LogP) is 4.64. The molecule has 0 bridgehead atoms. The molecule has 2 aromatic heterocycles. The second-order valence-electron chi connectivity index (χ2n) is 5.91. The summed E-state index contributed by atoms with van der Waals surface area (Å²) in [4.78, 5) is 14.1. The first-order chi connectivity index (χ1) is 13.3. The zero-order valence-electron chi connectivity index (χ0n) is 14.7. The fourth-order valence-electron chi connectivity index (χ4n) is 2.88. The number of rotatable bonds is 5. The van der Waals surface area contributed by atoms with Crippen LogP contribution in [0.3, 0.4) is 0 Å². The van der Waals surface area contributed by atoms with Gasteiger partial charge in [-0.25, -0.2) is 4.68 Å². The number of para-hydroxylation sites is 1. The molecule has 4 rings (SSSR count). The lowest BCUT2D eigenvalue weighted by atomic mass is 10.2. The Balaban J connectivity index is 1.74. The molecule has 2 heterocycles. The molecule has 1 amide bonds. The van der Waals surface area contributed by atoms with Crippen LogP contribution < -0.4 is 5.32 Å². The molecular formula is C21H18N4OS. The summed E-state index contributed by atoms with van der Waals surface area (Å²) in [5.74, 6) is 0.504. The van der Waals surface area contributed by atoms with E-state index in [1.165, 1.54) is 0 Å². The first kappa shape index (κ1) is 17.2. The monoisotopic (exact) mass is 374 g/mol. The molecule has 134 valence electrons. The van der Waals surface area contributed by atoms with E-state index in [9.17, 15) is 4.79 Å². The highest BCUT2D eigenvalue weighted by Crippen LogP contribution is 2.23. The van der Waals surface area contributed by atoms with Gasteiger partial charge in [-0.1, -0.05) is 24.3 Å². The summed E-state index contributed by atoms with van der Waals surface area (Å²) in [7, 11) is 0. The Bertz CT molecular complexity index is 1060. The SMILES string of the molecule is CSc1cccc(NC(=O)c2cnn(-c3ccccc3)c2-n2cccc2)c1.